The Labute approximate surface area is 136 Å². The van der Waals surface area contributed by atoms with Crippen molar-refractivity contribution in [3.8, 4) is 5.69 Å². The molecule has 0 saturated carbocycles. The summed E-state index contributed by atoms with van der Waals surface area (Å²) in [5.74, 6) is 0. The number of aromatic nitrogens is 1. The highest BCUT2D eigenvalue weighted by Gasteiger charge is 2.12. The second-order valence-corrected chi connectivity index (χ2v) is 6.16. The Hall–Kier alpha value is -2.10. The maximum absolute atomic E-state index is 9.53. The SMILES string of the molecule is OCc1cc(-n2c3ccccc3c3ccccc32)ccc1Br. The molecule has 0 aliphatic rings. The quantitative estimate of drug-likeness (QED) is 0.537. The average Bonchev–Trinajstić information content (AvgIpc) is 2.90. The first-order chi connectivity index (χ1) is 10.8. The minimum atomic E-state index is 0.0194. The Balaban J connectivity index is 2.13. The Kier molecular flexibility index (Phi) is 3.25. The van der Waals surface area contributed by atoms with Gasteiger partial charge in [0.2, 0.25) is 0 Å². The molecule has 3 heteroatoms. The Bertz CT molecular complexity index is 934. The highest BCUT2D eigenvalue weighted by atomic mass is 79.9. The van der Waals surface area contributed by atoms with Gasteiger partial charge >= 0.3 is 0 Å². The molecule has 0 aliphatic heterocycles. The van der Waals surface area contributed by atoms with Gasteiger partial charge in [-0.1, -0.05) is 52.3 Å². The van der Waals surface area contributed by atoms with Gasteiger partial charge in [0.25, 0.3) is 0 Å². The van der Waals surface area contributed by atoms with Gasteiger partial charge in [-0.2, -0.15) is 0 Å². The highest BCUT2D eigenvalue weighted by molar-refractivity contribution is 9.10. The minimum Gasteiger partial charge on any atom is -0.392 e. The second-order valence-electron chi connectivity index (χ2n) is 5.30. The van der Waals surface area contributed by atoms with E-state index < -0.39 is 0 Å². The zero-order valence-corrected chi connectivity index (χ0v) is 13.4. The van der Waals surface area contributed by atoms with E-state index in [1.54, 1.807) is 0 Å². The molecule has 2 nitrogen and oxygen atoms in total. The van der Waals surface area contributed by atoms with E-state index in [2.05, 4.69) is 75.1 Å². The third-order valence-electron chi connectivity index (χ3n) is 4.04. The van der Waals surface area contributed by atoms with Crippen molar-refractivity contribution in [2.45, 2.75) is 6.61 Å². The van der Waals surface area contributed by atoms with Crippen LogP contribution in [0.5, 0.6) is 0 Å². The number of hydrogen-bond acceptors (Lipinski definition) is 1. The van der Waals surface area contributed by atoms with Gasteiger partial charge < -0.3 is 9.67 Å². The van der Waals surface area contributed by atoms with Crippen molar-refractivity contribution in [3.63, 3.8) is 0 Å². The van der Waals surface area contributed by atoms with E-state index in [1.807, 2.05) is 12.1 Å². The van der Waals surface area contributed by atoms with Crippen LogP contribution in [0.4, 0.5) is 0 Å². The topological polar surface area (TPSA) is 25.2 Å². The molecule has 1 aromatic heterocycles. The summed E-state index contributed by atoms with van der Waals surface area (Å²) >= 11 is 3.48. The molecule has 0 spiro atoms. The molecule has 1 heterocycles. The van der Waals surface area contributed by atoms with Gasteiger partial charge in [0.15, 0.2) is 0 Å². The maximum Gasteiger partial charge on any atom is 0.0693 e. The lowest BCUT2D eigenvalue weighted by molar-refractivity contribution is 0.281. The number of benzene rings is 3. The van der Waals surface area contributed by atoms with Crippen LogP contribution in [0.15, 0.2) is 71.2 Å². The van der Waals surface area contributed by atoms with E-state index in [9.17, 15) is 5.11 Å². The van der Waals surface area contributed by atoms with Crippen LogP contribution in [0.3, 0.4) is 0 Å². The van der Waals surface area contributed by atoms with Crippen LogP contribution in [0.2, 0.25) is 0 Å². The fourth-order valence-electron chi connectivity index (χ4n) is 3.02. The van der Waals surface area contributed by atoms with Crippen LogP contribution >= 0.6 is 15.9 Å². The van der Waals surface area contributed by atoms with Crippen LogP contribution in [0.25, 0.3) is 27.5 Å². The molecule has 0 bridgehead atoms. The molecule has 0 saturated heterocycles. The van der Waals surface area contributed by atoms with E-state index in [-0.39, 0.29) is 6.61 Å². The molecule has 1 N–H and O–H groups in total. The highest BCUT2D eigenvalue weighted by Crippen LogP contribution is 2.32. The number of halogens is 1. The molecule has 0 atom stereocenters. The Morgan fingerprint density at radius 3 is 2.00 bits per heavy atom. The van der Waals surface area contributed by atoms with Crippen LogP contribution < -0.4 is 0 Å². The van der Waals surface area contributed by atoms with Crippen LogP contribution in [0.1, 0.15) is 5.56 Å². The van der Waals surface area contributed by atoms with E-state index >= 15 is 0 Å². The van der Waals surface area contributed by atoms with Gasteiger partial charge in [-0.3, -0.25) is 0 Å². The lowest BCUT2D eigenvalue weighted by Gasteiger charge is -2.10. The predicted octanol–water partition coefficient (Wildman–Crippen LogP) is 5.04. The van der Waals surface area contributed by atoms with Crippen LogP contribution in [0, 0.1) is 0 Å². The van der Waals surface area contributed by atoms with Crippen molar-refractivity contribution in [2.75, 3.05) is 0 Å². The molecule has 4 aromatic rings. The number of aliphatic hydroxyl groups is 1. The summed E-state index contributed by atoms with van der Waals surface area (Å²) in [4.78, 5) is 0. The van der Waals surface area contributed by atoms with Gasteiger partial charge in [0, 0.05) is 20.9 Å². The van der Waals surface area contributed by atoms with Crippen LogP contribution in [-0.2, 0) is 6.61 Å². The van der Waals surface area contributed by atoms with E-state index in [0.29, 0.717) is 0 Å². The minimum absolute atomic E-state index is 0.0194. The zero-order valence-electron chi connectivity index (χ0n) is 11.8. The summed E-state index contributed by atoms with van der Waals surface area (Å²) in [6.07, 6.45) is 0. The summed E-state index contributed by atoms with van der Waals surface area (Å²) in [7, 11) is 0. The fourth-order valence-corrected chi connectivity index (χ4v) is 3.39. The molecule has 0 unspecified atom stereocenters. The van der Waals surface area contributed by atoms with Gasteiger partial charge in [0.1, 0.15) is 0 Å². The van der Waals surface area contributed by atoms with Gasteiger partial charge in [0.05, 0.1) is 17.6 Å². The molecule has 0 amide bonds. The van der Waals surface area contributed by atoms with Crippen molar-refractivity contribution in [1.82, 2.24) is 4.57 Å². The van der Waals surface area contributed by atoms with Crippen molar-refractivity contribution in [3.05, 3.63) is 76.8 Å². The number of para-hydroxylation sites is 2. The summed E-state index contributed by atoms with van der Waals surface area (Å²) < 4.78 is 3.18. The first-order valence-corrected chi connectivity index (χ1v) is 7.97. The first-order valence-electron chi connectivity index (χ1n) is 7.17. The molecule has 0 radical (unpaired) electrons. The third kappa shape index (κ3) is 1.97. The number of fused-ring (bicyclic) bond motifs is 3. The Morgan fingerprint density at radius 2 is 1.41 bits per heavy atom. The summed E-state index contributed by atoms with van der Waals surface area (Å²) in [5.41, 5.74) is 4.30. The number of nitrogens with zero attached hydrogens (tertiary/aromatic N) is 1. The maximum atomic E-state index is 9.53. The number of aliphatic hydroxyl groups excluding tert-OH is 1. The van der Waals surface area contributed by atoms with Crippen LogP contribution in [-0.4, -0.2) is 9.67 Å². The fraction of sp³-hybridized carbons (Fsp3) is 0.0526. The smallest absolute Gasteiger partial charge is 0.0693 e. The standard InChI is InChI=1S/C19H14BrNO/c20-17-10-9-14(11-13(17)12-22)21-18-7-3-1-5-15(18)16-6-2-4-8-19(16)21/h1-11,22H,12H2. The van der Waals surface area contributed by atoms with Gasteiger partial charge in [-0.15, -0.1) is 0 Å². The van der Waals surface area contributed by atoms with Crippen molar-refractivity contribution >= 4 is 37.7 Å². The third-order valence-corrected chi connectivity index (χ3v) is 4.81. The van der Waals surface area contributed by atoms with Crippen molar-refractivity contribution in [2.24, 2.45) is 0 Å². The first kappa shape index (κ1) is 13.6. The summed E-state index contributed by atoms with van der Waals surface area (Å²) in [6.45, 7) is 0.0194. The normalized spacial score (nSPS) is 11.4. The molecular formula is C19H14BrNO. The summed E-state index contributed by atoms with van der Waals surface area (Å²) in [5, 5.41) is 12.0. The molecule has 3 aromatic carbocycles. The van der Waals surface area contributed by atoms with Crippen molar-refractivity contribution in [1.29, 1.82) is 0 Å². The van der Waals surface area contributed by atoms with Gasteiger partial charge in [-0.25, -0.2) is 0 Å². The largest absolute Gasteiger partial charge is 0.392 e. The average molecular weight is 352 g/mol. The van der Waals surface area contributed by atoms with E-state index in [1.165, 1.54) is 21.8 Å². The molecule has 0 fully saturated rings. The zero-order chi connectivity index (χ0) is 15.1. The van der Waals surface area contributed by atoms with E-state index in [0.717, 1.165) is 15.7 Å². The lowest BCUT2D eigenvalue weighted by Crippen LogP contribution is -1.96. The molecule has 108 valence electrons. The Morgan fingerprint density at radius 1 is 0.818 bits per heavy atom. The number of hydrogen-bond donors (Lipinski definition) is 1. The molecular weight excluding hydrogens is 338 g/mol. The number of rotatable bonds is 2. The molecule has 22 heavy (non-hydrogen) atoms. The van der Waals surface area contributed by atoms with E-state index in [4.69, 9.17) is 0 Å². The van der Waals surface area contributed by atoms with Gasteiger partial charge in [-0.05, 0) is 35.9 Å². The lowest BCUT2D eigenvalue weighted by atomic mass is 10.2. The summed E-state index contributed by atoms with van der Waals surface area (Å²) in [6, 6.07) is 22.9. The molecule has 0 aliphatic carbocycles. The van der Waals surface area contributed by atoms with Crippen molar-refractivity contribution < 1.29 is 5.11 Å². The second kappa shape index (κ2) is 5.27. The predicted molar refractivity (Wildman–Crippen MR) is 94.4 cm³/mol. The molecule has 4 rings (SSSR count). The monoisotopic (exact) mass is 351 g/mol.